The largest absolute Gasteiger partial charge is 0.406 e. The van der Waals surface area contributed by atoms with Crippen molar-refractivity contribution in [1.29, 1.82) is 0 Å². The van der Waals surface area contributed by atoms with Crippen LogP contribution in [0.2, 0.25) is 0 Å². The quantitative estimate of drug-likeness (QED) is 0.313. The number of alkyl halides is 3. The average molecular weight is 533 g/mol. The summed E-state index contributed by atoms with van der Waals surface area (Å²) in [5, 5.41) is 6.42. The number of likely N-dealkylation sites (tertiary alicyclic amines) is 1. The van der Waals surface area contributed by atoms with Crippen LogP contribution in [-0.2, 0) is 4.79 Å². The van der Waals surface area contributed by atoms with Crippen LogP contribution in [0.15, 0.2) is 4.99 Å². The highest BCUT2D eigenvalue weighted by molar-refractivity contribution is 14.0. The molecule has 170 valence electrons. The first-order chi connectivity index (χ1) is 13.3. The number of rotatable bonds is 6. The van der Waals surface area contributed by atoms with Gasteiger partial charge >= 0.3 is 6.18 Å². The van der Waals surface area contributed by atoms with Gasteiger partial charge in [0, 0.05) is 38.8 Å². The minimum absolute atomic E-state index is 0. The van der Waals surface area contributed by atoms with Crippen molar-refractivity contribution in [2.24, 2.45) is 4.99 Å². The lowest BCUT2D eigenvalue weighted by Gasteiger charge is -2.39. The molecule has 0 aromatic rings. The number of likely N-dealkylation sites (N-methyl/N-ethyl adjacent to an activating group) is 1. The number of halogens is 4. The molecule has 1 amide bonds. The number of nitrogens with one attached hydrogen (secondary N) is 2. The zero-order chi connectivity index (χ0) is 20.6. The molecule has 29 heavy (non-hydrogen) atoms. The predicted molar refractivity (Wildman–Crippen MR) is 120 cm³/mol. The lowest BCUT2D eigenvalue weighted by molar-refractivity contribution is -0.157. The number of guanidine groups is 1. The van der Waals surface area contributed by atoms with Crippen LogP contribution in [-0.4, -0.2) is 79.7 Å². The van der Waals surface area contributed by atoms with Crippen LogP contribution in [0.1, 0.15) is 51.9 Å². The predicted octanol–water partition coefficient (Wildman–Crippen LogP) is 2.98. The number of carbonyl (C=O) groups excluding carboxylic acids is 1. The number of piperidine rings is 1. The van der Waals surface area contributed by atoms with E-state index < -0.39 is 18.6 Å². The monoisotopic (exact) mass is 533 g/mol. The Labute approximate surface area is 189 Å². The highest BCUT2D eigenvalue weighted by Gasteiger charge is 2.31. The molecule has 0 unspecified atom stereocenters. The van der Waals surface area contributed by atoms with Crippen molar-refractivity contribution >= 4 is 35.8 Å². The maximum atomic E-state index is 12.4. The van der Waals surface area contributed by atoms with Crippen molar-refractivity contribution in [3.63, 3.8) is 0 Å². The lowest BCUT2D eigenvalue weighted by atomic mass is 9.92. The molecule has 2 aliphatic rings. The fourth-order valence-corrected chi connectivity index (χ4v) is 3.99. The fourth-order valence-electron chi connectivity index (χ4n) is 3.99. The summed E-state index contributed by atoms with van der Waals surface area (Å²) in [7, 11) is 1.15. The number of hydrogen-bond donors (Lipinski definition) is 2. The van der Waals surface area contributed by atoms with E-state index in [2.05, 4.69) is 20.5 Å². The molecule has 2 rings (SSSR count). The van der Waals surface area contributed by atoms with E-state index in [-0.39, 0.29) is 36.6 Å². The van der Waals surface area contributed by atoms with Crippen LogP contribution in [0.25, 0.3) is 0 Å². The number of carbonyl (C=O) groups is 1. The second-order valence-electron chi connectivity index (χ2n) is 7.81. The number of aliphatic imine (C=N–C) groups is 1. The molecule has 0 radical (unpaired) electrons. The van der Waals surface area contributed by atoms with Gasteiger partial charge in [-0.2, -0.15) is 13.2 Å². The summed E-state index contributed by atoms with van der Waals surface area (Å²) in [5.74, 6) is -0.158. The first-order valence-corrected chi connectivity index (χ1v) is 10.4. The van der Waals surface area contributed by atoms with Gasteiger partial charge in [-0.1, -0.05) is 19.3 Å². The third kappa shape index (κ3) is 9.71. The number of nitrogens with zero attached hydrogens (tertiary/aromatic N) is 3. The van der Waals surface area contributed by atoms with E-state index >= 15 is 0 Å². The van der Waals surface area contributed by atoms with E-state index in [0.29, 0.717) is 17.4 Å². The Bertz CT molecular complexity index is 518. The molecular formula is C19H35F3IN5O. The van der Waals surface area contributed by atoms with Crippen LogP contribution < -0.4 is 10.6 Å². The Balaban J connectivity index is 0.00000420. The minimum atomic E-state index is -4.40. The van der Waals surface area contributed by atoms with Gasteiger partial charge in [-0.25, -0.2) is 4.99 Å². The fraction of sp³-hybridized carbons (Fsp3) is 0.895. The van der Waals surface area contributed by atoms with Gasteiger partial charge in [-0.3, -0.25) is 4.79 Å². The van der Waals surface area contributed by atoms with Gasteiger partial charge in [-0.15, -0.1) is 24.0 Å². The topological polar surface area (TPSA) is 60.0 Å². The average Bonchev–Trinajstić information content (AvgIpc) is 2.66. The van der Waals surface area contributed by atoms with Crippen molar-refractivity contribution in [2.45, 2.75) is 70.1 Å². The molecule has 0 atom stereocenters. The molecule has 1 heterocycles. The summed E-state index contributed by atoms with van der Waals surface area (Å²) in [6, 6.07) is 0.985. The van der Waals surface area contributed by atoms with E-state index in [4.69, 9.17) is 0 Å². The molecule has 0 aromatic carbocycles. The SMILES string of the molecule is CCNC(=NCC(=O)N(C)CC(F)(F)F)NC1CCN(C2CCCCC2)CC1.I. The molecular weight excluding hydrogens is 498 g/mol. The molecule has 2 fully saturated rings. The van der Waals surface area contributed by atoms with Crippen LogP contribution in [0.4, 0.5) is 13.2 Å². The summed E-state index contributed by atoms with van der Waals surface area (Å²) in [5.41, 5.74) is 0. The summed E-state index contributed by atoms with van der Waals surface area (Å²) < 4.78 is 37.2. The summed E-state index contributed by atoms with van der Waals surface area (Å²) in [6.07, 6.45) is 4.22. The maximum absolute atomic E-state index is 12.4. The molecule has 10 heteroatoms. The zero-order valence-electron chi connectivity index (χ0n) is 17.4. The Kier molecular flexibility index (Phi) is 11.6. The second-order valence-corrected chi connectivity index (χ2v) is 7.81. The molecule has 2 N–H and O–H groups in total. The zero-order valence-corrected chi connectivity index (χ0v) is 19.8. The molecule has 1 aliphatic heterocycles. The molecule has 0 aromatic heterocycles. The standard InChI is InChI=1S/C19H34F3N5O.HI/c1-3-23-18(24-13-17(28)26(2)14-19(20,21)22)25-15-9-11-27(12-10-15)16-7-5-4-6-8-16;/h15-16H,3-14H2,1-2H3,(H2,23,24,25);1H. The van der Waals surface area contributed by atoms with E-state index in [1.165, 1.54) is 32.1 Å². The number of amides is 1. The molecule has 1 saturated carbocycles. The van der Waals surface area contributed by atoms with Crippen molar-refractivity contribution in [1.82, 2.24) is 20.4 Å². The molecule has 0 spiro atoms. The number of hydrogen-bond acceptors (Lipinski definition) is 3. The summed E-state index contributed by atoms with van der Waals surface area (Å²) in [6.45, 7) is 3.08. The van der Waals surface area contributed by atoms with Gasteiger partial charge in [0.15, 0.2) is 5.96 Å². The molecule has 0 bridgehead atoms. The van der Waals surface area contributed by atoms with E-state index in [9.17, 15) is 18.0 Å². The lowest BCUT2D eigenvalue weighted by Crippen LogP contribution is -2.51. The van der Waals surface area contributed by atoms with Crippen molar-refractivity contribution in [3.8, 4) is 0 Å². The molecule has 1 saturated heterocycles. The molecule has 6 nitrogen and oxygen atoms in total. The Morgan fingerprint density at radius 1 is 1.14 bits per heavy atom. The third-order valence-corrected chi connectivity index (χ3v) is 5.52. The van der Waals surface area contributed by atoms with Crippen LogP contribution in [0.5, 0.6) is 0 Å². The molecule has 1 aliphatic carbocycles. The van der Waals surface area contributed by atoms with Gasteiger partial charge in [0.2, 0.25) is 5.91 Å². The van der Waals surface area contributed by atoms with Crippen molar-refractivity contribution < 1.29 is 18.0 Å². The van der Waals surface area contributed by atoms with Crippen molar-refractivity contribution in [2.75, 3.05) is 39.8 Å². The van der Waals surface area contributed by atoms with Crippen LogP contribution in [0, 0.1) is 0 Å². The smallest absolute Gasteiger partial charge is 0.357 e. The Morgan fingerprint density at radius 2 is 1.76 bits per heavy atom. The van der Waals surface area contributed by atoms with Crippen LogP contribution in [0.3, 0.4) is 0 Å². The first-order valence-electron chi connectivity index (χ1n) is 10.4. The van der Waals surface area contributed by atoms with Gasteiger partial charge < -0.3 is 20.4 Å². The minimum Gasteiger partial charge on any atom is -0.357 e. The third-order valence-electron chi connectivity index (χ3n) is 5.52. The highest BCUT2D eigenvalue weighted by Crippen LogP contribution is 2.25. The van der Waals surface area contributed by atoms with Gasteiger partial charge in [-0.05, 0) is 32.6 Å². The van der Waals surface area contributed by atoms with E-state index in [0.717, 1.165) is 39.0 Å². The highest BCUT2D eigenvalue weighted by atomic mass is 127. The Morgan fingerprint density at radius 3 is 2.31 bits per heavy atom. The maximum Gasteiger partial charge on any atom is 0.406 e. The Hall–Kier alpha value is -0.780. The second kappa shape index (κ2) is 12.8. The van der Waals surface area contributed by atoms with E-state index in [1.807, 2.05) is 6.92 Å². The van der Waals surface area contributed by atoms with Gasteiger partial charge in [0.1, 0.15) is 13.1 Å². The van der Waals surface area contributed by atoms with E-state index in [1.54, 1.807) is 0 Å². The van der Waals surface area contributed by atoms with Gasteiger partial charge in [0.05, 0.1) is 0 Å². The summed E-state index contributed by atoms with van der Waals surface area (Å²) in [4.78, 5) is 19.3. The summed E-state index contributed by atoms with van der Waals surface area (Å²) >= 11 is 0. The van der Waals surface area contributed by atoms with Gasteiger partial charge in [0.25, 0.3) is 0 Å². The normalized spacial score (nSPS) is 20.1. The van der Waals surface area contributed by atoms with Crippen LogP contribution >= 0.6 is 24.0 Å². The van der Waals surface area contributed by atoms with Crippen molar-refractivity contribution in [3.05, 3.63) is 0 Å². The first kappa shape index (κ1) is 26.3.